The number of carboxylic acids is 1. The summed E-state index contributed by atoms with van der Waals surface area (Å²) in [5.74, 6) is -0.247. The van der Waals surface area contributed by atoms with Crippen molar-refractivity contribution in [3.8, 4) is 0 Å². The number of hydrogen-bond acceptors (Lipinski definition) is 3. The van der Waals surface area contributed by atoms with Gasteiger partial charge in [0.1, 0.15) is 0 Å². The summed E-state index contributed by atoms with van der Waals surface area (Å²) >= 11 is 0. The van der Waals surface area contributed by atoms with E-state index >= 15 is 0 Å². The number of carbonyl (C=O) groups is 2. The van der Waals surface area contributed by atoms with Crippen LogP contribution in [0, 0.1) is 5.92 Å². The van der Waals surface area contributed by atoms with E-state index < -0.39 is 5.97 Å². The average Bonchev–Trinajstić information content (AvgIpc) is 2.95. The molecule has 3 rings (SSSR count). The summed E-state index contributed by atoms with van der Waals surface area (Å²) in [6, 6.07) is 0.541. The minimum absolute atomic E-state index is 0.110. The van der Waals surface area contributed by atoms with Gasteiger partial charge in [-0.3, -0.25) is 9.59 Å². The maximum absolute atomic E-state index is 12.5. The van der Waals surface area contributed by atoms with Crippen molar-refractivity contribution in [1.29, 1.82) is 0 Å². The van der Waals surface area contributed by atoms with Crippen molar-refractivity contribution in [3.05, 3.63) is 0 Å². The van der Waals surface area contributed by atoms with Crippen LogP contribution in [0.3, 0.4) is 0 Å². The zero-order chi connectivity index (χ0) is 14.1. The first-order valence-electron chi connectivity index (χ1n) is 7.78. The molecule has 1 amide bonds. The monoisotopic (exact) mass is 281 g/mol. The molecule has 0 saturated carbocycles. The van der Waals surface area contributed by atoms with Crippen LogP contribution in [0.15, 0.2) is 0 Å². The minimum Gasteiger partial charge on any atom is -0.481 e. The predicted octanol–water partition coefficient (Wildman–Crippen LogP) is 1.80. The van der Waals surface area contributed by atoms with Crippen molar-refractivity contribution in [2.24, 2.45) is 5.92 Å². The Hall–Kier alpha value is -1.10. The number of aliphatic carboxylic acids is 1. The molecule has 0 radical (unpaired) electrons. The molecule has 3 unspecified atom stereocenters. The van der Waals surface area contributed by atoms with E-state index in [0.29, 0.717) is 6.42 Å². The van der Waals surface area contributed by atoms with E-state index in [4.69, 9.17) is 9.84 Å². The van der Waals surface area contributed by atoms with Gasteiger partial charge in [-0.15, -0.1) is 0 Å². The van der Waals surface area contributed by atoms with Crippen LogP contribution in [0.2, 0.25) is 0 Å². The number of carboxylic acid groups (broad SMARTS) is 1. The van der Waals surface area contributed by atoms with Gasteiger partial charge in [0.2, 0.25) is 5.91 Å². The molecule has 0 aromatic carbocycles. The largest absolute Gasteiger partial charge is 0.481 e. The van der Waals surface area contributed by atoms with E-state index in [1.165, 1.54) is 0 Å². The Kier molecular flexibility index (Phi) is 3.96. The third-order valence-corrected chi connectivity index (χ3v) is 5.01. The van der Waals surface area contributed by atoms with Gasteiger partial charge in [0.15, 0.2) is 0 Å². The number of nitrogens with zero attached hydrogens (tertiary/aromatic N) is 1. The number of ether oxygens (including phenoxy) is 1. The molecular weight excluding hydrogens is 258 g/mol. The van der Waals surface area contributed by atoms with Gasteiger partial charge < -0.3 is 14.7 Å². The fraction of sp³-hybridized carbons (Fsp3) is 0.867. The zero-order valence-electron chi connectivity index (χ0n) is 11.8. The summed E-state index contributed by atoms with van der Waals surface area (Å²) in [4.78, 5) is 25.4. The number of rotatable bonds is 4. The summed E-state index contributed by atoms with van der Waals surface area (Å²) in [6.07, 6.45) is 6.73. The molecule has 3 atom stereocenters. The summed E-state index contributed by atoms with van der Waals surface area (Å²) in [5.41, 5.74) is 0. The van der Waals surface area contributed by atoms with E-state index in [9.17, 15) is 9.59 Å². The summed E-state index contributed by atoms with van der Waals surface area (Å²) < 4.78 is 5.55. The summed E-state index contributed by atoms with van der Waals surface area (Å²) in [5, 5.41) is 8.93. The summed E-state index contributed by atoms with van der Waals surface area (Å²) in [7, 11) is 0. The molecule has 2 bridgehead atoms. The third kappa shape index (κ3) is 2.82. The fourth-order valence-corrected chi connectivity index (χ4v) is 4.22. The third-order valence-electron chi connectivity index (χ3n) is 5.01. The molecule has 0 spiro atoms. The molecule has 3 heterocycles. The molecule has 20 heavy (non-hydrogen) atoms. The van der Waals surface area contributed by atoms with E-state index in [-0.39, 0.29) is 36.4 Å². The fourth-order valence-electron chi connectivity index (χ4n) is 4.22. The molecule has 5 heteroatoms. The predicted molar refractivity (Wildman–Crippen MR) is 72.2 cm³/mol. The normalized spacial score (nSPS) is 36.3. The minimum atomic E-state index is -0.714. The highest BCUT2D eigenvalue weighted by molar-refractivity contribution is 5.78. The molecule has 3 saturated heterocycles. The van der Waals surface area contributed by atoms with Gasteiger partial charge in [-0.1, -0.05) is 0 Å². The van der Waals surface area contributed by atoms with Crippen LogP contribution in [-0.2, 0) is 14.3 Å². The van der Waals surface area contributed by atoms with E-state index in [0.717, 1.165) is 45.1 Å². The molecule has 1 N–H and O–H groups in total. The first kappa shape index (κ1) is 13.9. The summed E-state index contributed by atoms with van der Waals surface area (Å²) in [6.45, 7) is 0.783. The van der Waals surface area contributed by atoms with Crippen LogP contribution in [0.4, 0.5) is 0 Å². The van der Waals surface area contributed by atoms with E-state index in [1.807, 2.05) is 0 Å². The van der Waals surface area contributed by atoms with E-state index in [2.05, 4.69) is 4.90 Å². The Morgan fingerprint density at radius 1 is 1.10 bits per heavy atom. The second kappa shape index (κ2) is 5.72. The van der Waals surface area contributed by atoms with Gasteiger partial charge in [0.25, 0.3) is 0 Å². The smallest absolute Gasteiger partial charge is 0.303 e. The maximum Gasteiger partial charge on any atom is 0.303 e. The van der Waals surface area contributed by atoms with Crippen molar-refractivity contribution in [2.75, 3.05) is 6.61 Å². The highest BCUT2D eigenvalue weighted by atomic mass is 16.5. The SMILES string of the molecule is O=C(O)CC1CC2CCC(C1)N2C(=O)CC1CCCO1. The van der Waals surface area contributed by atoms with Crippen molar-refractivity contribution in [2.45, 2.75) is 69.6 Å². The van der Waals surface area contributed by atoms with Crippen LogP contribution >= 0.6 is 0 Å². The standard InChI is InChI=1S/C15H23NO4/c17-14(9-13-2-1-5-20-13)16-11-3-4-12(16)7-10(6-11)8-15(18)19/h10-13H,1-9H2,(H,18,19). The van der Waals surface area contributed by atoms with Gasteiger partial charge in [-0.2, -0.15) is 0 Å². The Morgan fingerprint density at radius 3 is 2.35 bits per heavy atom. The number of carbonyl (C=O) groups excluding carboxylic acids is 1. The van der Waals surface area contributed by atoms with Crippen molar-refractivity contribution < 1.29 is 19.4 Å². The molecule has 3 aliphatic heterocycles. The molecular formula is C15H23NO4. The molecule has 0 aliphatic carbocycles. The van der Waals surface area contributed by atoms with Crippen LogP contribution in [-0.4, -0.2) is 46.7 Å². The lowest BCUT2D eigenvalue weighted by molar-refractivity contribution is -0.140. The van der Waals surface area contributed by atoms with Gasteiger partial charge in [-0.05, 0) is 44.4 Å². The van der Waals surface area contributed by atoms with Crippen LogP contribution in [0.1, 0.15) is 51.4 Å². The molecule has 0 aromatic heterocycles. The molecule has 3 fully saturated rings. The Bertz CT molecular complexity index is 377. The number of amides is 1. The molecule has 5 nitrogen and oxygen atoms in total. The Labute approximate surface area is 119 Å². The van der Waals surface area contributed by atoms with Crippen molar-refractivity contribution in [3.63, 3.8) is 0 Å². The highest BCUT2D eigenvalue weighted by Gasteiger charge is 2.43. The van der Waals surface area contributed by atoms with E-state index in [1.54, 1.807) is 0 Å². The molecule has 112 valence electrons. The lowest BCUT2D eigenvalue weighted by Gasteiger charge is -2.39. The lowest BCUT2D eigenvalue weighted by atomic mass is 9.88. The van der Waals surface area contributed by atoms with Gasteiger partial charge in [-0.25, -0.2) is 0 Å². The first-order chi connectivity index (χ1) is 9.63. The van der Waals surface area contributed by atoms with Crippen LogP contribution in [0.5, 0.6) is 0 Å². The number of fused-ring (bicyclic) bond motifs is 2. The van der Waals surface area contributed by atoms with Crippen LogP contribution < -0.4 is 0 Å². The number of piperidine rings is 1. The van der Waals surface area contributed by atoms with Gasteiger partial charge in [0, 0.05) is 25.1 Å². The topological polar surface area (TPSA) is 66.8 Å². The highest BCUT2D eigenvalue weighted by Crippen LogP contribution is 2.40. The van der Waals surface area contributed by atoms with Crippen LogP contribution in [0.25, 0.3) is 0 Å². The second-order valence-electron chi connectivity index (χ2n) is 6.46. The molecule has 3 aliphatic rings. The maximum atomic E-state index is 12.5. The Balaban J connectivity index is 1.58. The average molecular weight is 281 g/mol. The van der Waals surface area contributed by atoms with Gasteiger partial charge in [0.05, 0.1) is 12.5 Å². The lowest BCUT2D eigenvalue weighted by Crippen LogP contribution is -2.47. The second-order valence-corrected chi connectivity index (χ2v) is 6.46. The van der Waals surface area contributed by atoms with Crippen molar-refractivity contribution in [1.82, 2.24) is 4.90 Å². The first-order valence-corrected chi connectivity index (χ1v) is 7.78. The number of hydrogen-bond donors (Lipinski definition) is 1. The zero-order valence-corrected chi connectivity index (χ0v) is 11.8. The van der Waals surface area contributed by atoms with Crippen molar-refractivity contribution >= 4 is 11.9 Å². The quantitative estimate of drug-likeness (QED) is 0.853. The molecule has 0 aromatic rings. The van der Waals surface area contributed by atoms with Gasteiger partial charge >= 0.3 is 5.97 Å². The Morgan fingerprint density at radius 2 is 1.80 bits per heavy atom.